The molecule has 0 bridgehead atoms. The fourth-order valence-electron chi connectivity index (χ4n) is 1.57. The van der Waals surface area contributed by atoms with Crippen molar-refractivity contribution in [2.45, 2.75) is 17.3 Å². The molecule has 1 N–H and O–H groups in total. The molecule has 1 heterocycles. The smallest absolute Gasteiger partial charge is 0.374 e. The van der Waals surface area contributed by atoms with Gasteiger partial charge >= 0.3 is 5.97 Å². The molecule has 1 aromatic carbocycles. The molecule has 0 radical (unpaired) electrons. The fraction of sp³-hybridized carbons (Fsp3) is 0.214. The molecule has 0 aliphatic rings. The van der Waals surface area contributed by atoms with Crippen molar-refractivity contribution in [2.24, 2.45) is 0 Å². The summed E-state index contributed by atoms with van der Waals surface area (Å²) in [6.45, 7) is 0.0408. The van der Waals surface area contributed by atoms with Crippen LogP contribution in [0, 0.1) is 0 Å². The molecule has 5 heteroatoms. The van der Waals surface area contributed by atoms with E-state index in [-0.39, 0.29) is 12.4 Å². The summed E-state index contributed by atoms with van der Waals surface area (Å²) in [5, 5.41) is 8.96. The quantitative estimate of drug-likeness (QED) is 0.673. The number of thioether (sulfide) groups is 1. The molecule has 4 nitrogen and oxygen atoms in total. The Morgan fingerprint density at radius 2 is 2.05 bits per heavy atom. The molecule has 0 fully saturated rings. The maximum absolute atomic E-state index is 11.4. The van der Waals surface area contributed by atoms with Crippen LogP contribution in [0.25, 0.3) is 0 Å². The summed E-state index contributed by atoms with van der Waals surface area (Å²) in [7, 11) is 1.33. The molecular formula is C14H14O4S. The van der Waals surface area contributed by atoms with Gasteiger partial charge in [-0.1, -0.05) is 12.1 Å². The third kappa shape index (κ3) is 3.39. The number of ether oxygens (including phenoxy) is 1. The standard InChI is InChI=1S/C14H14O4S/c1-17-14(16)13-11(6-7-18-13)9-19-12-4-2-10(8-15)3-5-12/h2-7,15H,8-9H2,1H3. The van der Waals surface area contributed by atoms with Crippen molar-refractivity contribution in [1.82, 2.24) is 0 Å². The molecule has 0 aliphatic heterocycles. The zero-order valence-corrected chi connectivity index (χ0v) is 11.3. The summed E-state index contributed by atoms with van der Waals surface area (Å²) in [4.78, 5) is 12.5. The van der Waals surface area contributed by atoms with Crippen molar-refractivity contribution in [3.05, 3.63) is 53.5 Å². The highest BCUT2D eigenvalue weighted by Gasteiger charge is 2.15. The number of carbonyl (C=O) groups excluding carboxylic acids is 1. The predicted molar refractivity (Wildman–Crippen MR) is 72.0 cm³/mol. The normalized spacial score (nSPS) is 10.4. The average molecular weight is 278 g/mol. The van der Waals surface area contributed by atoms with Gasteiger partial charge in [-0.3, -0.25) is 0 Å². The summed E-state index contributed by atoms with van der Waals surface area (Å²) in [6, 6.07) is 9.39. The number of methoxy groups -OCH3 is 1. The predicted octanol–water partition coefficient (Wildman–Crippen LogP) is 2.85. The van der Waals surface area contributed by atoms with Crippen molar-refractivity contribution >= 4 is 17.7 Å². The first-order valence-corrected chi connectivity index (χ1v) is 6.70. The van der Waals surface area contributed by atoms with E-state index in [0.717, 1.165) is 16.0 Å². The van der Waals surface area contributed by atoms with Crippen LogP contribution < -0.4 is 0 Å². The van der Waals surface area contributed by atoms with Crippen LogP contribution in [0.2, 0.25) is 0 Å². The molecule has 0 aliphatic carbocycles. The van der Waals surface area contributed by atoms with E-state index in [1.165, 1.54) is 13.4 Å². The minimum Gasteiger partial charge on any atom is -0.463 e. The van der Waals surface area contributed by atoms with E-state index >= 15 is 0 Å². The van der Waals surface area contributed by atoms with Crippen LogP contribution in [0.4, 0.5) is 0 Å². The Labute approximate surface area is 115 Å². The SMILES string of the molecule is COC(=O)c1occc1CSc1ccc(CO)cc1. The van der Waals surface area contributed by atoms with E-state index in [9.17, 15) is 4.79 Å². The van der Waals surface area contributed by atoms with E-state index in [1.807, 2.05) is 24.3 Å². The van der Waals surface area contributed by atoms with Gasteiger partial charge in [0, 0.05) is 16.2 Å². The summed E-state index contributed by atoms with van der Waals surface area (Å²) in [5.74, 6) is 0.414. The first-order valence-electron chi connectivity index (χ1n) is 5.72. The number of carbonyl (C=O) groups is 1. The van der Waals surface area contributed by atoms with E-state index in [0.29, 0.717) is 5.75 Å². The van der Waals surface area contributed by atoms with Crippen molar-refractivity contribution in [2.75, 3.05) is 7.11 Å². The Kier molecular flexibility index (Phi) is 4.65. The van der Waals surface area contributed by atoms with Crippen LogP contribution in [0.3, 0.4) is 0 Å². The molecule has 0 amide bonds. The van der Waals surface area contributed by atoms with Crippen LogP contribution >= 0.6 is 11.8 Å². The second kappa shape index (κ2) is 6.45. The Balaban J connectivity index is 2.02. The molecule has 0 unspecified atom stereocenters. The van der Waals surface area contributed by atoms with Crippen LogP contribution in [0.5, 0.6) is 0 Å². The number of esters is 1. The molecular weight excluding hydrogens is 264 g/mol. The van der Waals surface area contributed by atoms with Gasteiger partial charge in [0.25, 0.3) is 0 Å². The van der Waals surface area contributed by atoms with Gasteiger partial charge in [0.15, 0.2) is 0 Å². The van der Waals surface area contributed by atoms with E-state index in [1.54, 1.807) is 17.8 Å². The number of furan rings is 1. The molecule has 0 saturated carbocycles. The zero-order valence-electron chi connectivity index (χ0n) is 10.5. The summed E-state index contributed by atoms with van der Waals surface area (Å²) in [5.41, 5.74) is 1.69. The number of hydrogen-bond donors (Lipinski definition) is 1. The molecule has 1 aromatic heterocycles. The molecule has 0 spiro atoms. The maximum Gasteiger partial charge on any atom is 0.374 e. The molecule has 2 rings (SSSR count). The zero-order chi connectivity index (χ0) is 13.7. The lowest BCUT2D eigenvalue weighted by atomic mass is 10.2. The highest BCUT2D eigenvalue weighted by atomic mass is 32.2. The van der Waals surface area contributed by atoms with Gasteiger partial charge in [-0.25, -0.2) is 4.79 Å². The van der Waals surface area contributed by atoms with E-state index in [2.05, 4.69) is 4.74 Å². The van der Waals surface area contributed by atoms with Gasteiger partial charge in [-0.05, 0) is 23.8 Å². The maximum atomic E-state index is 11.4. The molecule has 0 atom stereocenters. The third-order valence-electron chi connectivity index (χ3n) is 2.62. The largest absolute Gasteiger partial charge is 0.463 e. The Hall–Kier alpha value is -1.72. The summed E-state index contributed by atoms with van der Waals surface area (Å²) >= 11 is 1.59. The van der Waals surface area contributed by atoms with Crippen molar-refractivity contribution in [1.29, 1.82) is 0 Å². The van der Waals surface area contributed by atoms with Crippen molar-refractivity contribution in [3.8, 4) is 0 Å². The van der Waals surface area contributed by atoms with Crippen LogP contribution in [-0.2, 0) is 17.1 Å². The van der Waals surface area contributed by atoms with Gasteiger partial charge in [0.05, 0.1) is 20.0 Å². The van der Waals surface area contributed by atoms with Gasteiger partial charge in [-0.15, -0.1) is 11.8 Å². The topological polar surface area (TPSA) is 59.7 Å². The summed E-state index contributed by atoms with van der Waals surface area (Å²) < 4.78 is 9.77. The molecule has 0 saturated heterocycles. The highest BCUT2D eigenvalue weighted by molar-refractivity contribution is 7.98. The second-order valence-electron chi connectivity index (χ2n) is 3.86. The average Bonchev–Trinajstić information content (AvgIpc) is 2.93. The van der Waals surface area contributed by atoms with E-state index in [4.69, 9.17) is 9.52 Å². The number of aliphatic hydroxyl groups is 1. The molecule has 19 heavy (non-hydrogen) atoms. The minimum absolute atomic E-state index is 0.0408. The number of aliphatic hydroxyl groups excluding tert-OH is 1. The fourth-order valence-corrected chi connectivity index (χ4v) is 2.45. The minimum atomic E-state index is -0.462. The van der Waals surface area contributed by atoms with Gasteiger partial charge in [-0.2, -0.15) is 0 Å². The number of benzene rings is 1. The second-order valence-corrected chi connectivity index (χ2v) is 4.91. The van der Waals surface area contributed by atoms with Crippen LogP contribution in [-0.4, -0.2) is 18.2 Å². The lowest BCUT2D eigenvalue weighted by Gasteiger charge is -2.03. The first kappa shape index (κ1) is 13.7. The first-order chi connectivity index (χ1) is 9.24. The number of hydrogen-bond acceptors (Lipinski definition) is 5. The van der Waals surface area contributed by atoms with Gasteiger partial charge < -0.3 is 14.3 Å². The monoisotopic (exact) mass is 278 g/mol. The third-order valence-corrected chi connectivity index (χ3v) is 3.68. The van der Waals surface area contributed by atoms with Gasteiger partial charge in [0.1, 0.15) is 0 Å². The Morgan fingerprint density at radius 1 is 1.32 bits per heavy atom. The summed E-state index contributed by atoms with van der Waals surface area (Å²) in [6.07, 6.45) is 1.48. The number of rotatable bonds is 5. The Bertz CT molecular complexity index is 545. The van der Waals surface area contributed by atoms with E-state index < -0.39 is 5.97 Å². The Morgan fingerprint density at radius 3 is 2.68 bits per heavy atom. The highest BCUT2D eigenvalue weighted by Crippen LogP contribution is 2.25. The molecule has 100 valence electrons. The van der Waals surface area contributed by atoms with Crippen LogP contribution in [0.15, 0.2) is 45.9 Å². The molecule has 2 aromatic rings. The van der Waals surface area contributed by atoms with Crippen molar-refractivity contribution < 1.29 is 19.1 Å². The lowest BCUT2D eigenvalue weighted by molar-refractivity contribution is 0.0564. The van der Waals surface area contributed by atoms with Crippen LogP contribution in [0.1, 0.15) is 21.7 Å². The lowest BCUT2D eigenvalue weighted by Crippen LogP contribution is -2.02. The van der Waals surface area contributed by atoms with Gasteiger partial charge in [0.2, 0.25) is 5.76 Å². The van der Waals surface area contributed by atoms with Crippen molar-refractivity contribution in [3.63, 3.8) is 0 Å².